The zero-order valence-electron chi connectivity index (χ0n) is 19.4. The highest BCUT2D eigenvalue weighted by Gasteiger charge is 2.23. The zero-order valence-corrected chi connectivity index (χ0v) is 20.2. The topological polar surface area (TPSA) is 90.7 Å². The Kier molecular flexibility index (Phi) is 6.31. The van der Waals surface area contributed by atoms with Crippen LogP contribution in [0.3, 0.4) is 0 Å². The number of hydrogen-bond donors (Lipinski definition) is 1. The second kappa shape index (κ2) is 9.71. The maximum Gasteiger partial charge on any atom is 0.339 e. The summed E-state index contributed by atoms with van der Waals surface area (Å²) in [5, 5.41) is 4.56. The molecule has 1 unspecified atom stereocenters. The Morgan fingerprint density at radius 2 is 1.78 bits per heavy atom. The molecule has 0 spiro atoms. The van der Waals surface area contributed by atoms with Crippen molar-refractivity contribution in [1.29, 1.82) is 0 Å². The van der Waals surface area contributed by atoms with Crippen LogP contribution in [0.2, 0.25) is 5.02 Å². The smallest absolute Gasteiger partial charge is 0.339 e. The molecule has 1 atom stereocenters. The number of oxazole rings is 1. The summed E-state index contributed by atoms with van der Waals surface area (Å²) in [7, 11) is 1.48. The Bertz CT molecular complexity index is 1570. The van der Waals surface area contributed by atoms with Gasteiger partial charge in [-0.15, -0.1) is 0 Å². The first kappa shape index (κ1) is 23.4. The van der Waals surface area contributed by atoms with Crippen LogP contribution in [0.1, 0.15) is 17.3 Å². The molecule has 0 radical (unpaired) electrons. The summed E-state index contributed by atoms with van der Waals surface area (Å²) in [6.07, 6.45) is -1.09. The van der Waals surface area contributed by atoms with Gasteiger partial charge in [-0.1, -0.05) is 48.0 Å². The van der Waals surface area contributed by atoms with Crippen LogP contribution >= 0.6 is 11.6 Å². The number of hydrogen-bond acceptors (Lipinski definition) is 6. The van der Waals surface area contributed by atoms with Gasteiger partial charge in [0.1, 0.15) is 11.3 Å². The van der Waals surface area contributed by atoms with Crippen molar-refractivity contribution in [2.45, 2.75) is 13.0 Å². The average molecular weight is 501 g/mol. The van der Waals surface area contributed by atoms with Crippen molar-refractivity contribution >= 4 is 51.0 Å². The van der Waals surface area contributed by atoms with Gasteiger partial charge in [0.25, 0.3) is 5.91 Å². The van der Waals surface area contributed by atoms with E-state index in [0.29, 0.717) is 50.0 Å². The van der Waals surface area contributed by atoms with Gasteiger partial charge in [-0.2, -0.15) is 0 Å². The number of methoxy groups -OCH3 is 1. The van der Waals surface area contributed by atoms with Crippen molar-refractivity contribution in [2.24, 2.45) is 0 Å². The molecule has 0 saturated heterocycles. The zero-order chi connectivity index (χ0) is 25.2. The molecule has 0 aliphatic carbocycles. The fourth-order valence-electron chi connectivity index (χ4n) is 3.97. The number of esters is 1. The molecule has 180 valence electrons. The van der Waals surface area contributed by atoms with Crippen LogP contribution in [0.5, 0.6) is 5.75 Å². The van der Waals surface area contributed by atoms with E-state index in [9.17, 15) is 9.59 Å². The van der Waals surface area contributed by atoms with E-state index in [4.69, 9.17) is 25.5 Å². The number of amides is 1. The lowest BCUT2D eigenvalue weighted by atomic mass is 9.99. The van der Waals surface area contributed by atoms with Crippen LogP contribution in [0, 0.1) is 0 Å². The van der Waals surface area contributed by atoms with E-state index in [-0.39, 0.29) is 0 Å². The largest absolute Gasteiger partial charge is 0.495 e. The van der Waals surface area contributed by atoms with E-state index in [1.807, 2.05) is 48.5 Å². The molecule has 1 N–H and O–H groups in total. The van der Waals surface area contributed by atoms with Gasteiger partial charge in [0, 0.05) is 16.0 Å². The third-order valence-electron chi connectivity index (χ3n) is 5.72. The molecule has 1 amide bonds. The Balaban J connectivity index is 1.45. The third-order valence-corrected chi connectivity index (χ3v) is 5.96. The van der Waals surface area contributed by atoms with Crippen molar-refractivity contribution in [3.8, 4) is 17.2 Å². The summed E-state index contributed by atoms with van der Waals surface area (Å²) in [6, 6.07) is 23.2. The van der Waals surface area contributed by atoms with E-state index < -0.39 is 18.0 Å². The van der Waals surface area contributed by atoms with Crippen molar-refractivity contribution in [3.63, 3.8) is 0 Å². The molecule has 0 aliphatic rings. The fourth-order valence-corrected chi connectivity index (χ4v) is 4.14. The number of nitrogens with zero attached hydrogens (tertiary/aromatic N) is 1. The number of nitrogens with one attached hydrogen (secondary N) is 1. The van der Waals surface area contributed by atoms with E-state index in [1.165, 1.54) is 14.0 Å². The van der Waals surface area contributed by atoms with Gasteiger partial charge < -0.3 is 19.2 Å². The predicted octanol–water partition coefficient (Wildman–Crippen LogP) is 6.49. The summed E-state index contributed by atoms with van der Waals surface area (Å²) in [5.74, 6) is -0.350. The lowest BCUT2D eigenvalue weighted by molar-refractivity contribution is -0.123. The molecule has 5 aromatic rings. The van der Waals surface area contributed by atoms with E-state index in [0.717, 1.165) is 5.39 Å². The highest BCUT2D eigenvalue weighted by atomic mass is 35.5. The first-order valence-electron chi connectivity index (χ1n) is 11.2. The Labute approximate surface area is 211 Å². The van der Waals surface area contributed by atoms with Gasteiger partial charge in [0.2, 0.25) is 5.89 Å². The third kappa shape index (κ3) is 4.48. The van der Waals surface area contributed by atoms with Gasteiger partial charge in [-0.05, 0) is 54.8 Å². The number of anilines is 1. The van der Waals surface area contributed by atoms with E-state index >= 15 is 0 Å². The Morgan fingerprint density at radius 3 is 2.56 bits per heavy atom. The molecule has 0 aliphatic heterocycles. The van der Waals surface area contributed by atoms with Gasteiger partial charge in [-0.25, -0.2) is 9.78 Å². The lowest BCUT2D eigenvalue weighted by Gasteiger charge is -2.16. The molecule has 1 heterocycles. The first-order valence-corrected chi connectivity index (χ1v) is 11.6. The van der Waals surface area contributed by atoms with Crippen LogP contribution in [-0.2, 0) is 9.53 Å². The second-order valence-electron chi connectivity index (χ2n) is 8.08. The normalized spacial score (nSPS) is 11.9. The highest BCUT2D eigenvalue weighted by Crippen LogP contribution is 2.33. The molecule has 0 fully saturated rings. The monoisotopic (exact) mass is 500 g/mol. The molecule has 8 heteroatoms. The number of rotatable bonds is 6. The number of carbonyl (C=O) groups excluding carboxylic acids is 2. The number of halogens is 1. The van der Waals surface area contributed by atoms with E-state index in [1.54, 1.807) is 30.3 Å². The molecule has 7 nitrogen and oxygen atoms in total. The number of benzene rings is 4. The quantitative estimate of drug-likeness (QED) is 0.268. The predicted molar refractivity (Wildman–Crippen MR) is 138 cm³/mol. The van der Waals surface area contributed by atoms with Crippen molar-refractivity contribution in [3.05, 3.63) is 89.4 Å². The molecular formula is C28H21ClN2O5. The number of fused-ring (bicyclic) bond motifs is 2. The molecule has 0 saturated carbocycles. The van der Waals surface area contributed by atoms with Crippen molar-refractivity contribution < 1.29 is 23.5 Å². The number of carbonyl (C=O) groups is 2. The van der Waals surface area contributed by atoms with Crippen molar-refractivity contribution in [1.82, 2.24) is 4.98 Å². The summed E-state index contributed by atoms with van der Waals surface area (Å²) in [4.78, 5) is 30.6. The fraction of sp³-hybridized carbons (Fsp3) is 0.107. The maximum atomic E-state index is 13.3. The van der Waals surface area contributed by atoms with Gasteiger partial charge in [0.05, 0.1) is 18.4 Å². The minimum atomic E-state index is -1.09. The average Bonchev–Trinajstić information content (AvgIpc) is 3.32. The minimum absolute atomic E-state index is 0.297. The number of aromatic nitrogens is 1. The molecule has 0 bridgehead atoms. The Morgan fingerprint density at radius 1 is 1.00 bits per heavy atom. The van der Waals surface area contributed by atoms with Crippen LogP contribution < -0.4 is 10.1 Å². The molecular weight excluding hydrogens is 480 g/mol. The number of ether oxygens (including phenoxy) is 2. The van der Waals surface area contributed by atoms with Crippen LogP contribution in [0.4, 0.5) is 5.69 Å². The molecule has 4 aromatic carbocycles. The maximum absolute atomic E-state index is 13.3. The molecule has 1 aromatic heterocycles. The second-order valence-corrected chi connectivity index (χ2v) is 8.51. The minimum Gasteiger partial charge on any atom is -0.495 e. The molecule has 36 heavy (non-hydrogen) atoms. The highest BCUT2D eigenvalue weighted by molar-refractivity contribution is 6.31. The molecule has 5 rings (SSSR count). The van der Waals surface area contributed by atoms with Crippen molar-refractivity contribution in [2.75, 3.05) is 12.4 Å². The standard InChI is InChI=1S/C28H21ClN2O5/c1-16(26(32)30-22-15-18(29)13-14-23(22)34-2)35-28(33)20-10-6-8-17-7-5-9-19(25(17)20)27-31-21-11-3-4-12-24(21)36-27/h3-16H,1-2H3,(H,30,32). The lowest BCUT2D eigenvalue weighted by Crippen LogP contribution is -2.30. The summed E-state index contributed by atoms with van der Waals surface area (Å²) < 4.78 is 16.8. The summed E-state index contributed by atoms with van der Waals surface area (Å²) in [5.41, 5.74) is 2.68. The Hall–Kier alpha value is -4.36. The van der Waals surface area contributed by atoms with E-state index in [2.05, 4.69) is 10.3 Å². The number of para-hydroxylation sites is 2. The van der Waals surface area contributed by atoms with Crippen LogP contribution in [0.25, 0.3) is 33.3 Å². The SMILES string of the molecule is COc1ccc(Cl)cc1NC(=O)C(C)OC(=O)c1cccc2cccc(-c3nc4ccccc4o3)c12. The van der Waals surface area contributed by atoms with Crippen LogP contribution in [-0.4, -0.2) is 30.1 Å². The summed E-state index contributed by atoms with van der Waals surface area (Å²) in [6.45, 7) is 1.50. The van der Waals surface area contributed by atoms with Gasteiger partial charge in [-0.3, -0.25) is 4.79 Å². The van der Waals surface area contributed by atoms with Gasteiger partial charge in [0.15, 0.2) is 11.7 Å². The first-order chi connectivity index (χ1) is 17.4. The van der Waals surface area contributed by atoms with Gasteiger partial charge >= 0.3 is 5.97 Å². The summed E-state index contributed by atoms with van der Waals surface area (Å²) >= 11 is 6.04. The van der Waals surface area contributed by atoms with Crippen LogP contribution in [0.15, 0.2) is 83.3 Å².